The van der Waals surface area contributed by atoms with Crippen molar-refractivity contribution in [2.75, 3.05) is 6.54 Å². The third kappa shape index (κ3) is 4.59. The summed E-state index contributed by atoms with van der Waals surface area (Å²) >= 11 is 0. The van der Waals surface area contributed by atoms with E-state index >= 15 is 0 Å². The highest BCUT2D eigenvalue weighted by Gasteiger charge is 2.37. The van der Waals surface area contributed by atoms with E-state index in [-0.39, 0.29) is 30.5 Å². The normalized spacial score (nSPS) is 14.6. The Labute approximate surface area is 220 Å². The zero-order valence-corrected chi connectivity index (χ0v) is 21.2. The number of aromatic carboxylic acids is 1. The smallest absolute Gasteiger partial charge is 0.341 e. The van der Waals surface area contributed by atoms with Crippen LogP contribution in [0, 0.1) is 13.8 Å². The van der Waals surface area contributed by atoms with Crippen molar-refractivity contribution in [2.45, 2.75) is 32.4 Å². The first-order chi connectivity index (χ1) is 18.4. The number of aryl methyl sites for hydroxylation is 2. The van der Waals surface area contributed by atoms with Gasteiger partial charge in [-0.25, -0.2) is 4.79 Å². The van der Waals surface area contributed by atoms with Crippen molar-refractivity contribution < 1.29 is 19.4 Å². The molecule has 1 aliphatic rings. The van der Waals surface area contributed by atoms with Crippen LogP contribution in [0.3, 0.4) is 0 Å². The van der Waals surface area contributed by atoms with Crippen LogP contribution in [0.25, 0.3) is 0 Å². The molecule has 0 saturated heterocycles. The zero-order valence-electron chi connectivity index (χ0n) is 21.2. The van der Waals surface area contributed by atoms with Crippen molar-refractivity contribution in [2.24, 2.45) is 0 Å². The number of carboxylic acids is 1. The number of rotatable bonds is 7. The first-order valence-electron chi connectivity index (χ1n) is 12.4. The molecule has 1 amide bonds. The van der Waals surface area contributed by atoms with E-state index in [0.717, 1.165) is 27.8 Å². The van der Waals surface area contributed by atoms with Crippen LogP contribution in [0.4, 0.5) is 0 Å². The second-order valence-electron chi connectivity index (χ2n) is 9.50. The Kier molecular flexibility index (Phi) is 6.83. The Balaban J connectivity index is 1.73. The van der Waals surface area contributed by atoms with E-state index in [9.17, 15) is 19.5 Å². The molecule has 7 heteroatoms. The summed E-state index contributed by atoms with van der Waals surface area (Å²) in [6.07, 6.45) is 1.29. The Bertz CT molecular complexity index is 1530. The van der Waals surface area contributed by atoms with Crippen molar-refractivity contribution in [1.82, 2.24) is 9.88 Å². The molecular weight excluding hydrogens is 480 g/mol. The summed E-state index contributed by atoms with van der Waals surface area (Å²) in [5.41, 5.74) is 3.80. The van der Waals surface area contributed by atoms with Gasteiger partial charge in [-0.3, -0.25) is 9.59 Å². The van der Waals surface area contributed by atoms with Crippen molar-refractivity contribution in [3.05, 3.63) is 134 Å². The number of hydrogen-bond donors (Lipinski definition) is 2. The number of fused-ring (bicyclic) bond motifs is 1. The molecule has 1 unspecified atom stereocenters. The Morgan fingerprint density at radius 1 is 0.947 bits per heavy atom. The molecular formula is C31H28N2O5. The fourth-order valence-corrected chi connectivity index (χ4v) is 5.22. The van der Waals surface area contributed by atoms with E-state index in [1.54, 1.807) is 4.57 Å². The summed E-state index contributed by atoms with van der Waals surface area (Å²) in [5, 5.41) is 12.9. The number of nitrogens with zero attached hydrogens (tertiary/aromatic N) is 1. The van der Waals surface area contributed by atoms with Crippen LogP contribution < -0.4 is 15.5 Å². The van der Waals surface area contributed by atoms with Gasteiger partial charge >= 0.3 is 5.97 Å². The van der Waals surface area contributed by atoms with Gasteiger partial charge in [0.1, 0.15) is 12.2 Å². The number of nitrogens with one attached hydrogen (secondary N) is 1. The van der Waals surface area contributed by atoms with E-state index in [2.05, 4.69) is 17.4 Å². The molecule has 1 aliphatic heterocycles. The molecule has 0 fully saturated rings. The van der Waals surface area contributed by atoms with Gasteiger partial charge < -0.3 is 19.7 Å². The van der Waals surface area contributed by atoms with Crippen molar-refractivity contribution in [3.8, 4) is 5.75 Å². The Morgan fingerprint density at radius 3 is 2.11 bits per heavy atom. The lowest BCUT2D eigenvalue weighted by molar-refractivity contribution is 0.0690. The minimum Gasteiger partial charge on any atom is -0.483 e. The molecule has 5 rings (SSSR count). The highest BCUT2D eigenvalue weighted by molar-refractivity contribution is 5.97. The maximum absolute atomic E-state index is 13.3. The summed E-state index contributed by atoms with van der Waals surface area (Å²) in [6, 6.07) is 24.8. The molecule has 0 aliphatic carbocycles. The zero-order chi connectivity index (χ0) is 26.8. The maximum atomic E-state index is 13.3. The van der Waals surface area contributed by atoms with Gasteiger partial charge in [-0.15, -0.1) is 0 Å². The number of carboxylic acid groups (broad SMARTS) is 1. The molecule has 38 heavy (non-hydrogen) atoms. The second-order valence-corrected chi connectivity index (χ2v) is 9.50. The highest BCUT2D eigenvalue weighted by atomic mass is 16.5. The molecule has 3 aromatic carbocycles. The van der Waals surface area contributed by atoms with Crippen LogP contribution >= 0.6 is 0 Å². The number of carbonyl (C=O) groups excluding carboxylic acids is 1. The fourth-order valence-electron chi connectivity index (χ4n) is 5.22. The molecule has 0 spiro atoms. The number of carbonyl (C=O) groups is 2. The van der Waals surface area contributed by atoms with Crippen LogP contribution in [0.1, 0.15) is 60.6 Å². The quantitative estimate of drug-likeness (QED) is 0.372. The number of amides is 1. The summed E-state index contributed by atoms with van der Waals surface area (Å²) in [6.45, 7) is 4.33. The standard InChI is InChI=1S/C31H28N2O5/c1-19-10-6-8-14-22(19)26(23-15-9-7-11-20(23)2)25-16-32-30(35)27-29(38-18-21-12-4-3-5-13-21)28(34)24(31(36)37)17-33(25)27/h3-15,17,25-26H,16,18H2,1-2H3,(H,32,35)(H,36,37). The predicted molar refractivity (Wildman–Crippen MR) is 144 cm³/mol. The van der Waals surface area contributed by atoms with Crippen molar-refractivity contribution in [1.29, 1.82) is 0 Å². The van der Waals surface area contributed by atoms with Crippen LogP contribution in [-0.2, 0) is 6.61 Å². The number of hydrogen-bond acceptors (Lipinski definition) is 4. The summed E-state index contributed by atoms with van der Waals surface area (Å²) in [7, 11) is 0. The van der Waals surface area contributed by atoms with Crippen LogP contribution in [-0.4, -0.2) is 28.1 Å². The van der Waals surface area contributed by atoms with Gasteiger partial charge in [-0.2, -0.15) is 0 Å². The first-order valence-corrected chi connectivity index (χ1v) is 12.4. The second kappa shape index (κ2) is 10.4. The van der Waals surface area contributed by atoms with E-state index in [0.29, 0.717) is 0 Å². The minimum absolute atomic E-state index is 0.0170. The topological polar surface area (TPSA) is 97.6 Å². The minimum atomic E-state index is -1.37. The number of ether oxygens (including phenoxy) is 1. The van der Waals surface area contributed by atoms with Gasteiger partial charge in [0, 0.05) is 18.7 Å². The Hall–Kier alpha value is -4.65. The summed E-state index contributed by atoms with van der Waals surface area (Å²) in [5.74, 6) is -2.35. The van der Waals surface area contributed by atoms with Crippen molar-refractivity contribution >= 4 is 11.9 Å². The number of pyridine rings is 1. The van der Waals surface area contributed by atoms with E-state index < -0.39 is 28.9 Å². The van der Waals surface area contributed by atoms with Crippen LogP contribution in [0.5, 0.6) is 5.75 Å². The third-order valence-corrected chi connectivity index (χ3v) is 7.12. The average molecular weight is 509 g/mol. The first kappa shape index (κ1) is 25.0. The molecule has 0 bridgehead atoms. The SMILES string of the molecule is Cc1ccccc1C(c1ccccc1C)C1CNC(=O)c2c(OCc3ccccc3)c(=O)c(C(=O)O)cn21. The van der Waals surface area contributed by atoms with E-state index in [1.807, 2.05) is 80.6 Å². The molecule has 4 aromatic rings. The lowest BCUT2D eigenvalue weighted by atomic mass is 9.80. The highest BCUT2D eigenvalue weighted by Crippen LogP contribution is 2.40. The van der Waals surface area contributed by atoms with E-state index in [4.69, 9.17) is 4.74 Å². The monoisotopic (exact) mass is 508 g/mol. The molecule has 0 radical (unpaired) electrons. The molecule has 1 aromatic heterocycles. The number of aromatic nitrogens is 1. The molecule has 2 heterocycles. The average Bonchev–Trinajstić information content (AvgIpc) is 2.91. The summed E-state index contributed by atoms with van der Waals surface area (Å²) < 4.78 is 7.54. The van der Waals surface area contributed by atoms with Crippen molar-refractivity contribution in [3.63, 3.8) is 0 Å². The lowest BCUT2D eigenvalue weighted by Crippen LogP contribution is -2.44. The van der Waals surface area contributed by atoms with E-state index in [1.165, 1.54) is 6.20 Å². The molecule has 1 atom stereocenters. The van der Waals surface area contributed by atoms with Gasteiger partial charge in [0.15, 0.2) is 11.4 Å². The largest absolute Gasteiger partial charge is 0.483 e. The van der Waals surface area contributed by atoms with Crippen LogP contribution in [0.15, 0.2) is 89.9 Å². The van der Waals surface area contributed by atoms with Gasteiger partial charge in [0.2, 0.25) is 5.43 Å². The maximum Gasteiger partial charge on any atom is 0.341 e. The van der Waals surface area contributed by atoms with Gasteiger partial charge in [0.05, 0.1) is 6.04 Å². The van der Waals surface area contributed by atoms with Gasteiger partial charge in [-0.1, -0.05) is 78.9 Å². The summed E-state index contributed by atoms with van der Waals surface area (Å²) in [4.78, 5) is 38.7. The van der Waals surface area contributed by atoms with Gasteiger partial charge in [-0.05, 0) is 41.7 Å². The third-order valence-electron chi connectivity index (χ3n) is 7.12. The molecule has 192 valence electrons. The van der Waals surface area contributed by atoms with Crippen LogP contribution in [0.2, 0.25) is 0 Å². The van der Waals surface area contributed by atoms with Gasteiger partial charge in [0.25, 0.3) is 5.91 Å². The molecule has 2 N–H and O–H groups in total. The molecule has 7 nitrogen and oxygen atoms in total. The molecule has 0 saturated carbocycles. The fraction of sp³-hybridized carbons (Fsp3) is 0.194. The Morgan fingerprint density at radius 2 is 1.53 bits per heavy atom. The lowest BCUT2D eigenvalue weighted by Gasteiger charge is -2.37. The number of benzene rings is 3. The predicted octanol–water partition coefficient (Wildman–Crippen LogP) is 4.86.